The van der Waals surface area contributed by atoms with Crippen molar-refractivity contribution in [2.45, 2.75) is 6.36 Å². The van der Waals surface area contributed by atoms with Gasteiger partial charge in [0.1, 0.15) is 5.82 Å². The van der Waals surface area contributed by atoms with E-state index in [1.165, 1.54) is 0 Å². The van der Waals surface area contributed by atoms with E-state index in [1.54, 1.807) is 0 Å². The summed E-state index contributed by atoms with van der Waals surface area (Å²) in [5.74, 6) is -1.33. The largest absolute Gasteiger partial charge is 0.573 e. The highest BCUT2D eigenvalue weighted by atomic mass is 35.5. The number of anilines is 2. The van der Waals surface area contributed by atoms with E-state index in [1.807, 2.05) is 0 Å². The minimum Gasteiger partial charge on any atom is -0.400 e. The lowest BCUT2D eigenvalue weighted by Crippen LogP contribution is -2.18. The molecule has 4 nitrogen and oxygen atoms in total. The Kier molecular flexibility index (Phi) is 2.61. The normalized spacial score (nSPS) is 11.4. The van der Waals surface area contributed by atoms with Gasteiger partial charge in [0.05, 0.1) is 5.02 Å². The van der Waals surface area contributed by atoms with Crippen LogP contribution in [-0.4, -0.2) is 11.3 Å². The standard InChI is InChI=1S/C6H5ClF3N3O/c7-2-1-3(11)13-5(12)4(2)14-6(8,9)10/h1H,(H4,11,12,13). The van der Waals surface area contributed by atoms with E-state index in [4.69, 9.17) is 23.1 Å². The Morgan fingerprint density at radius 3 is 2.36 bits per heavy atom. The van der Waals surface area contributed by atoms with E-state index < -0.39 is 17.9 Å². The maximum Gasteiger partial charge on any atom is 0.573 e. The highest BCUT2D eigenvalue weighted by Gasteiger charge is 2.33. The zero-order chi connectivity index (χ0) is 10.9. The predicted molar refractivity (Wildman–Crippen MR) is 44.8 cm³/mol. The van der Waals surface area contributed by atoms with Gasteiger partial charge >= 0.3 is 6.36 Å². The van der Waals surface area contributed by atoms with Crippen molar-refractivity contribution >= 4 is 23.2 Å². The summed E-state index contributed by atoms with van der Waals surface area (Å²) in [5.41, 5.74) is 10.3. The van der Waals surface area contributed by atoms with Crippen LogP contribution in [-0.2, 0) is 0 Å². The molecule has 14 heavy (non-hydrogen) atoms. The van der Waals surface area contributed by atoms with Gasteiger partial charge in [-0.3, -0.25) is 0 Å². The molecular formula is C6H5ClF3N3O. The summed E-state index contributed by atoms with van der Waals surface area (Å²) in [5, 5.41) is -0.340. The number of nitrogens with zero attached hydrogens (tertiary/aromatic N) is 1. The lowest BCUT2D eigenvalue weighted by atomic mass is 10.4. The van der Waals surface area contributed by atoms with Gasteiger partial charge in [0.25, 0.3) is 0 Å². The van der Waals surface area contributed by atoms with E-state index in [0.29, 0.717) is 0 Å². The Bertz CT molecular complexity index is 332. The molecule has 0 saturated carbocycles. The zero-order valence-electron chi connectivity index (χ0n) is 6.60. The summed E-state index contributed by atoms with van der Waals surface area (Å²) < 4.78 is 39.0. The molecule has 1 rings (SSSR count). The molecule has 0 unspecified atom stereocenters. The first-order valence-corrected chi connectivity index (χ1v) is 3.64. The van der Waals surface area contributed by atoms with Gasteiger partial charge in [-0.1, -0.05) is 11.6 Å². The second-order valence-corrected chi connectivity index (χ2v) is 2.70. The van der Waals surface area contributed by atoms with Gasteiger partial charge in [0.15, 0.2) is 11.6 Å². The van der Waals surface area contributed by atoms with Crippen molar-refractivity contribution in [2.24, 2.45) is 0 Å². The van der Waals surface area contributed by atoms with Crippen molar-refractivity contribution in [3.8, 4) is 5.75 Å². The molecule has 4 N–H and O–H groups in total. The van der Waals surface area contributed by atoms with Gasteiger partial charge in [-0.05, 0) is 0 Å². The maximum atomic E-state index is 11.8. The Morgan fingerprint density at radius 2 is 1.93 bits per heavy atom. The molecule has 8 heteroatoms. The monoisotopic (exact) mass is 227 g/mol. The minimum absolute atomic E-state index is 0.0815. The lowest BCUT2D eigenvalue weighted by molar-refractivity contribution is -0.274. The predicted octanol–water partition coefficient (Wildman–Crippen LogP) is 1.80. The number of halogens is 4. The van der Waals surface area contributed by atoms with Crippen LogP contribution in [0.1, 0.15) is 0 Å². The maximum absolute atomic E-state index is 11.8. The highest BCUT2D eigenvalue weighted by molar-refractivity contribution is 6.32. The van der Waals surface area contributed by atoms with Crippen molar-refractivity contribution in [3.63, 3.8) is 0 Å². The van der Waals surface area contributed by atoms with Crippen LogP contribution in [0.15, 0.2) is 6.07 Å². The average Bonchev–Trinajstić information content (AvgIpc) is 1.95. The molecule has 0 spiro atoms. The van der Waals surface area contributed by atoms with E-state index in [2.05, 4.69) is 9.72 Å². The molecule has 0 aliphatic heterocycles. The number of aromatic nitrogens is 1. The van der Waals surface area contributed by atoms with Crippen LogP contribution in [0.2, 0.25) is 5.02 Å². The van der Waals surface area contributed by atoms with Crippen LogP contribution in [0.4, 0.5) is 24.8 Å². The summed E-state index contributed by atoms with van der Waals surface area (Å²) in [6.07, 6.45) is -4.87. The third kappa shape index (κ3) is 2.56. The van der Waals surface area contributed by atoms with E-state index in [9.17, 15) is 13.2 Å². The van der Waals surface area contributed by atoms with Gasteiger partial charge in [-0.25, -0.2) is 4.98 Å². The third-order valence-electron chi connectivity index (χ3n) is 1.19. The average molecular weight is 228 g/mol. The molecule has 0 aromatic carbocycles. The second kappa shape index (κ2) is 3.41. The highest BCUT2D eigenvalue weighted by Crippen LogP contribution is 2.35. The minimum atomic E-state index is -4.87. The summed E-state index contributed by atoms with van der Waals surface area (Å²) in [6, 6.07) is 1.01. The Balaban J connectivity index is 3.09. The number of hydrogen-bond acceptors (Lipinski definition) is 4. The smallest absolute Gasteiger partial charge is 0.400 e. The zero-order valence-corrected chi connectivity index (χ0v) is 7.36. The second-order valence-electron chi connectivity index (χ2n) is 2.29. The number of alkyl halides is 3. The van der Waals surface area contributed by atoms with E-state index in [-0.39, 0.29) is 10.8 Å². The molecule has 1 aromatic rings. The first-order valence-electron chi connectivity index (χ1n) is 3.27. The van der Waals surface area contributed by atoms with Gasteiger partial charge in [0, 0.05) is 6.07 Å². The summed E-state index contributed by atoms with van der Waals surface area (Å²) in [6.45, 7) is 0. The van der Waals surface area contributed by atoms with Crippen LogP contribution in [0.25, 0.3) is 0 Å². The van der Waals surface area contributed by atoms with Gasteiger partial charge in [0.2, 0.25) is 0 Å². The van der Waals surface area contributed by atoms with E-state index >= 15 is 0 Å². The molecule has 0 amide bonds. The first-order chi connectivity index (χ1) is 6.29. The topological polar surface area (TPSA) is 74.2 Å². The number of rotatable bonds is 1. The molecule has 78 valence electrons. The molecule has 0 bridgehead atoms. The van der Waals surface area contributed by atoms with Crippen LogP contribution in [0, 0.1) is 0 Å². The van der Waals surface area contributed by atoms with Crippen molar-refractivity contribution in [3.05, 3.63) is 11.1 Å². The summed E-state index contributed by atoms with van der Waals surface area (Å²) >= 11 is 5.42. The van der Waals surface area contributed by atoms with Gasteiger partial charge in [-0.2, -0.15) is 0 Å². The lowest BCUT2D eigenvalue weighted by Gasteiger charge is -2.11. The van der Waals surface area contributed by atoms with Crippen LogP contribution in [0.5, 0.6) is 5.75 Å². The summed E-state index contributed by atoms with van der Waals surface area (Å²) in [7, 11) is 0. The number of nitrogens with two attached hydrogens (primary N) is 2. The fraction of sp³-hybridized carbons (Fsp3) is 0.167. The number of ether oxygens (including phenoxy) is 1. The van der Waals surface area contributed by atoms with Crippen molar-refractivity contribution in [2.75, 3.05) is 11.5 Å². The third-order valence-corrected chi connectivity index (χ3v) is 1.47. The molecule has 0 fully saturated rings. The molecule has 0 atom stereocenters. The van der Waals surface area contributed by atoms with Crippen molar-refractivity contribution < 1.29 is 17.9 Å². The Labute approximate surface area is 81.6 Å². The molecule has 1 aromatic heterocycles. The van der Waals surface area contributed by atoms with Crippen LogP contribution >= 0.6 is 11.6 Å². The van der Waals surface area contributed by atoms with Crippen molar-refractivity contribution in [1.29, 1.82) is 0 Å². The molecule has 0 radical (unpaired) electrons. The van der Waals surface area contributed by atoms with Gasteiger partial charge < -0.3 is 16.2 Å². The van der Waals surface area contributed by atoms with Crippen LogP contribution < -0.4 is 16.2 Å². The molecular weight excluding hydrogens is 223 g/mol. The Morgan fingerprint density at radius 1 is 1.36 bits per heavy atom. The number of pyridine rings is 1. The fourth-order valence-electron chi connectivity index (χ4n) is 0.757. The van der Waals surface area contributed by atoms with Crippen molar-refractivity contribution in [1.82, 2.24) is 4.98 Å². The van der Waals surface area contributed by atoms with Crippen LogP contribution in [0.3, 0.4) is 0 Å². The first kappa shape index (κ1) is 10.7. The molecule has 1 heterocycles. The summed E-state index contributed by atoms with van der Waals surface area (Å²) in [4.78, 5) is 3.36. The quantitative estimate of drug-likeness (QED) is 0.767. The Hall–Kier alpha value is -1.37. The van der Waals surface area contributed by atoms with E-state index in [0.717, 1.165) is 6.07 Å². The number of nitrogen functional groups attached to an aromatic ring is 2. The van der Waals surface area contributed by atoms with Gasteiger partial charge in [-0.15, -0.1) is 13.2 Å². The molecule has 0 aliphatic carbocycles. The fourth-order valence-corrected chi connectivity index (χ4v) is 1.00. The molecule has 0 saturated heterocycles. The molecule has 0 aliphatic rings. The SMILES string of the molecule is Nc1cc(Cl)c(OC(F)(F)F)c(N)n1. The number of hydrogen-bond donors (Lipinski definition) is 2.